The molecule has 0 aliphatic rings. The summed E-state index contributed by atoms with van der Waals surface area (Å²) in [6.45, 7) is 7.57. The van der Waals surface area contributed by atoms with E-state index in [9.17, 15) is 0 Å². The topological polar surface area (TPSA) is 88.2 Å². The molecule has 2 heterocycles. The largest absolute Gasteiger partial charge is 0.356 e. The van der Waals surface area contributed by atoms with E-state index in [0.717, 1.165) is 23.2 Å². The molecule has 0 atom stereocenters. The highest BCUT2D eigenvalue weighted by molar-refractivity contribution is 14.0. The van der Waals surface area contributed by atoms with E-state index in [4.69, 9.17) is 4.52 Å². The van der Waals surface area contributed by atoms with Crippen LogP contribution in [0.5, 0.6) is 0 Å². The summed E-state index contributed by atoms with van der Waals surface area (Å²) in [5.41, 5.74) is 0. The van der Waals surface area contributed by atoms with Gasteiger partial charge in [0.2, 0.25) is 5.89 Å². The standard InChI is InChI=1S/C15H24N6OS.HI/c1-5-11-8-18-13(23-11)9-19-15(16-4)17-7-6-12-20-14(10(2)3)21-22-12;/h8,10H,5-7,9H2,1-4H3,(H2,16,17,19);1H. The average Bonchev–Trinajstić information content (AvgIpc) is 3.19. The number of rotatable bonds is 7. The summed E-state index contributed by atoms with van der Waals surface area (Å²) < 4.78 is 5.22. The van der Waals surface area contributed by atoms with E-state index < -0.39 is 0 Å². The number of hydrogen-bond donors (Lipinski definition) is 2. The van der Waals surface area contributed by atoms with Crippen LogP contribution >= 0.6 is 35.3 Å². The highest BCUT2D eigenvalue weighted by atomic mass is 127. The Morgan fingerprint density at radius 2 is 2.17 bits per heavy atom. The van der Waals surface area contributed by atoms with Gasteiger partial charge in [-0.1, -0.05) is 25.9 Å². The molecule has 0 fully saturated rings. The molecular weight excluding hydrogens is 439 g/mol. The first-order chi connectivity index (χ1) is 11.1. The van der Waals surface area contributed by atoms with Gasteiger partial charge in [0.1, 0.15) is 5.01 Å². The highest BCUT2D eigenvalue weighted by Gasteiger charge is 2.09. The van der Waals surface area contributed by atoms with Crippen LogP contribution in [0.1, 0.15) is 48.3 Å². The first kappa shape index (κ1) is 20.8. The van der Waals surface area contributed by atoms with Gasteiger partial charge in [-0.15, -0.1) is 35.3 Å². The summed E-state index contributed by atoms with van der Waals surface area (Å²) in [5.74, 6) is 2.41. The van der Waals surface area contributed by atoms with Gasteiger partial charge in [-0.05, 0) is 6.42 Å². The van der Waals surface area contributed by atoms with E-state index >= 15 is 0 Å². The quantitative estimate of drug-likeness (QED) is 0.372. The molecule has 0 amide bonds. The molecule has 2 aromatic rings. The number of guanidine groups is 1. The Balaban J connectivity index is 0.00000288. The maximum absolute atomic E-state index is 5.22. The van der Waals surface area contributed by atoms with Gasteiger partial charge < -0.3 is 15.2 Å². The van der Waals surface area contributed by atoms with Crippen LogP contribution in [0.4, 0.5) is 0 Å². The summed E-state index contributed by atoms with van der Waals surface area (Å²) in [6.07, 6.45) is 3.62. The van der Waals surface area contributed by atoms with Crippen molar-refractivity contribution in [2.45, 2.75) is 46.1 Å². The minimum absolute atomic E-state index is 0. The van der Waals surface area contributed by atoms with Crippen LogP contribution in [-0.2, 0) is 19.4 Å². The number of aromatic nitrogens is 3. The zero-order chi connectivity index (χ0) is 16.7. The van der Waals surface area contributed by atoms with E-state index in [-0.39, 0.29) is 29.9 Å². The molecule has 2 N–H and O–H groups in total. The second kappa shape index (κ2) is 10.6. The van der Waals surface area contributed by atoms with E-state index in [1.165, 1.54) is 4.88 Å². The van der Waals surface area contributed by atoms with Crippen LogP contribution in [0.25, 0.3) is 0 Å². The molecular formula is C15H25IN6OS. The molecule has 24 heavy (non-hydrogen) atoms. The second-order valence-corrected chi connectivity index (χ2v) is 6.58. The Labute approximate surface area is 163 Å². The van der Waals surface area contributed by atoms with Crippen molar-refractivity contribution in [1.29, 1.82) is 0 Å². The van der Waals surface area contributed by atoms with Crippen LogP contribution < -0.4 is 10.6 Å². The third-order valence-corrected chi connectivity index (χ3v) is 4.35. The number of nitrogens with one attached hydrogen (secondary N) is 2. The maximum Gasteiger partial charge on any atom is 0.228 e. The fourth-order valence-electron chi connectivity index (χ4n) is 1.87. The van der Waals surface area contributed by atoms with E-state index in [2.05, 4.69) is 37.7 Å². The Kier molecular flexibility index (Phi) is 9.19. The number of aryl methyl sites for hydroxylation is 1. The number of aliphatic imine (C=N–C) groups is 1. The minimum Gasteiger partial charge on any atom is -0.356 e. The molecule has 2 aromatic heterocycles. The zero-order valence-corrected chi connectivity index (χ0v) is 17.6. The van der Waals surface area contributed by atoms with Crippen LogP contribution in [0, 0.1) is 0 Å². The molecule has 0 aromatic carbocycles. The lowest BCUT2D eigenvalue weighted by Gasteiger charge is -2.09. The molecule has 0 aliphatic carbocycles. The summed E-state index contributed by atoms with van der Waals surface area (Å²) in [7, 11) is 1.75. The van der Waals surface area contributed by atoms with Crippen molar-refractivity contribution in [3.8, 4) is 0 Å². The molecule has 0 bridgehead atoms. The smallest absolute Gasteiger partial charge is 0.228 e. The van der Waals surface area contributed by atoms with Gasteiger partial charge in [-0.2, -0.15) is 4.98 Å². The Hall–Kier alpha value is -1.23. The van der Waals surface area contributed by atoms with Gasteiger partial charge >= 0.3 is 0 Å². The zero-order valence-electron chi connectivity index (χ0n) is 14.5. The summed E-state index contributed by atoms with van der Waals surface area (Å²) >= 11 is 1.72. The van der Waals surface area contributed by atoms with Gasteiger partial charge in [0.25, 0.3) is 0 Å². The van der Waals surface area contributed by atoms with Crippen molar-refractivity contribution in [1.82, 2.24) is 25.8 Å². The Morgan fingerprint density at radius 1 is 1.38 bits per heavy atom. The lowest BCUT2D eigenvalue weighted by atomic mass is 10.2. The molecule has 0 radical (unpaired) electrons. The summed E-state index contributed by atoms with van der Waals surface area (Å²) in [6, 6.07) is 0. The number of hydrogen-bond acceptors (Lipinski definition) is 6. The van der Waals surface area contributed by atoms with Crippen molar-refractivity contribution in [3.05, 3.63) is 27.8 Å². The first-order valence-electron chi connectivity index (χ1n) is 7.83. The lowest BCUT2D eigenvalue weighted by molar-refractivity contribution is 0.371. The lowest BCUT2D eigenvalue weighted by Crippen LogP contribution is -2.37. The molecule has 0 saturated carbocycles. The summed E-state index contributed by atoms with van der Waals surface area (Å²) in [4.78, 5) is 14.2. The van der Waals surface area contributed by atoms with Crippen molar-refractivity contribution >= 4 is 41.3 Å². The first-order valence-corrected chi connectivity index (χ1v) is 8.64. The normalized spacial score (nSPS) is 11.5. The fourth-order valence-corrected chi connectivity index (χ4v) is 2.67. The van der Waals surface area contributed by atoms with Crippen LogP contribution in [0.2, 0.25) is 0 Å². The third kappa shape index (κ3) is 6.34. The fraction of sp³-hybridized carbons (Fsp3) is 0.600. The van der Waals surface area contributed by atoms with Crippen molar-refractivity contribution in [3.63, 3.8) is 0 Å². The summed E-state index contributed by atoms with van der Waals surface area (Å²) in [5, 5.41) is 11.5. The number of halogens is 1. The molecule has 134 valence electrons. The molecule has 0 spiro atoms. The van der Waals surface area contributed by atoms with Gasteiger partial charge in [0.05, 0.1) is 6.54 Å². The van der Waals surface area contributed by atoms with Gasteiger partial charge in [0, 0.05) is 37.0 Å². The van der Waals surface area contributed by atoms with Crippen LogP contribution in [-0.4, -0.2) is 34.7 Å². The second-order valence-electron chi connectivity index (χ2n) is 5.38. The van der Waals surface area contributed by atoms with Crippen LogP contribution in [0.3, 0.4) is 0 Å². The number of nitrogens with zero attached hydrogens (tertiary/aromatic N) is 4. The molecule has 7 nitrogen and oxygen atoms in total. The maximum atomic E-state index is 5.22. The Bertz CT molecular complexity index is 639. The molecule has 0 saturated heterocycles. The van der Waals surface area contributed by atoms with Gasteiger partial charge in [0.15, 0.2) is 11.8 Å². The van der Waals surface area contributed by atoms with Gasteiger partial charge in [-0.3, -0.25) is 4.99 Å². The highest BCUT2D eigenvalue weighted by Crippen LogP contribution is 2.12. The Morgan fingerprint density at radius 3 is 2.75 bits per heavy atom. The van der Waals surface area contributed by atoms with E-state index in [0.29, 0.717) is 25.4 Å². The molecule has 9 heteroatoms. The van der Waals surface area contributed by atoms with Gasteiger partial charge in [-0.25, -0.2) is 4.98 Å². The predicted molar refractivity (Wildman–Crippen MR) is 107 cm³/mol. The predicted octanol–water partition coefficient (Wildman–Crippen LogP) is 2.74. The molecule has 0 aliphatic heterocycles. The van der Waals surface area contributed by atoms with E-state index in [1.54, 1.807) is 18.4 Å². The van der Waals surface area contributed by atoms with Crippen LogP contribution in [0.15, 0.2) is 15.7 Å². The van der Waals surface area contributed by atoms with Crippen molar-refractivity contribution in [2.75, 3.05) is 13.6 Å². The molecule has 0 unspecified atom stereocenters. The molecule has 2 rings (SSSR count). The minimum atomic E-state index is 0. The monoisotopic (exact) mass is 464 g/mol. The van der Waals surface area contributed by atoms with Crippen molar-refractivity contribution in [2.24, 2.45) is 4.99 Å². The number of thiazole rings is 1. The van der Waals surface area contributed by atoms with Crippen molar-refractivity contribution < 1.29 is 4.52 Å². The average molecular weight is 464 g/mol. The SMILES string of the molecule is CCc1cnc(CNC(=NC)NCCc2nc(C(C)C)no2)s1.I. The van der Waals surface area contributed by atoms with E-state index in [1.807, 2.05) is 20.0 Å². The third-order valence-electron chi connectivity index (χ3n) is 3.21.